The van der Waals surface area contributed by atoms with Crippen molar-refractivity contribution in [3.8, 4) is 0 Å². The number of nitrogens with two attached hydrogens (primary N) is 1. The van der Waals surface area contributed by atoms with Gasteiger partial charge in [-0.15, -0.1) is 0 Å². The second kappa shape index (κ2) is 3.56. The summed E-state index contributed by atoms with van der Waals surface area (Å²) in [5, 5.41) is 8.74. The van der Waals surface area contributed by atoms with E-state index < -0.39 is 11.9 Å². The van der Waals surface area contributed by atoms with Gasteiger partial charge in [0, 0.05) is 6.42 Å². The highest BCUT2D eigenvalue weighted by Gasteiger charge is 2.33. The van der Waals surface area contributed by atoms with Crippen LogP contribution in [0.1, 0.15) is 25.7 Å². The van der Waals surface area contributed by atoms with Crippen molar-refractivity contribution < 1.29 is 14.7 Å². The molecule has 4 heteroatoms. The van der Waals surface area contributed by atoms with E-state index in [9.17, 15) is 9.59 Å². The third-order valence-electron chi connectivity index (χ3n) is 2.44. The Morgan fingerprint density at radius 1 is 1.42 bits per heavy atom. The summed E-state index contributed by atoms with van der Waals surface area (Å²) in [6.07, 6.45) is 2.62. The van der Waals surface area contributed by atoms with Crippen molar-refractivity contribution in [3.05, 3.63) is 0 Å². The van der Waals surface area contributed by atoms with Crippen molar-refractivity contribution in [1.82, 2.24) is 0 Å². The van der Waals surface area contributed by atoms with Gasteiger partial charge >= 0.3 is 5.97 Å². The van der Waals surface area contributed by atoms with Crippen molar-refractivity contribution >= 4 is 11.9 Å². The second-order valence-electron chi connectivity index (χ2n) is 3.31. The quantitative estimate of drug-likeness (QED) is 0.643. The molecule has 0 aromatic rings. The molecule has 1 rings (SSSR count). The Balaban J connectivity index is 2.52. The zero-order valence-corrected chi connectivity index (χ0v) is 6.82. The third kappa shape index (κ3) is 1.96. The van der Waals surface area contributed by atoms with Gasteiger partial charge < -0.3 is 10.8 Å². The van der Waals surface area contributed by atoms with Gasteiger partial charge in [-0.3, -0.25) is 9.59 Å². The first-order valence-electron chi connectivity index (χ1n) is 4.12. The molecule has 0 aromatic carbocycles. The lowest BCUT2D eigenvalue weighted by atomic mass is 9.93. The normalized spacial score (nSPS) is 28.7. The molecule has 0 saturated heterocycles. The van der Waals surface area contributed by atoms with E-state index in [-0.39, 0.29) is 18.3 Å². The minimum Gasteiger partial charge on any atom is -0.481 e. The molecule has 0 aliphatic heterocycles. The number of carbonyl (C=O) groups is 2. The maximum atomic E-state index is 10.6. The molecule has 1 fully saturated rings. The summed E-state index contributed by atoms with van der Waals surface area (Å²) in [7, 11) is 0. The van der Waals surface area contributed by atoms with Gasteiger partial charge in [0.1, 0.15) is 0 Å². The number of hydrogen-bond acceptors (Lipinski definition) is 2. The predicted molar refractivity (Wildman–Crippen MR) is 42.3 cm³/mol. The first-order valence-corrected chi connectivity index (χ1v) is 4.12. The van der Waals surface area contributed by atoms with Crippen molar-refractivity contribution in [1.29, 1.82) is 0 Å². The van der Waals surface area contributed by atoms with E-state index in [0.29, 0.717) is 6.42 Å². The number of carbonyl (C=O) groups excluding carboxylic acids is 1. The number of aliphatic carboxylic acids is 1. The molecule has 1 aliphatic carbocycles. The molecular weight excluding hydrogens is 158 g/mol. The maximum absolute atomic E-state index is 10.6. The Kier molecular flexibility index (Phi) is 2.68. The molecule has 1 amide bonds. The van der Waals surface area contributed by atoms with Crippen LogP contribution in [0.3, 0.4) is 0 Å². The summed E-state index contributed by atoms with van der Waals surface area (Å²) >= 11 is 0. The molecule has 4 nitrogen and oxygen atoms in total. The molecule has 1 saturated carbocycles. The summed E-state index contributed by atoms with van der Waals surface area (Å²) in [5.74, 6) is -1.57. The molecule has 2 atom stereocenters. The molecule has 0 spiro atoms. The minimum atomic E-state index is -0.793. The van der Waals surface area contributed by atoms with E-state index in [1.54, 1.807) is 0 Å². The van der Waals surface area contributed by atoms with Crippen molar-refractivity contribution in [2.24, 2.45) is 17.6 Å². The fourth-order valence-electron chi connectivity index (χ4n) is 1.86. The monoisotopic (exact) mass is 171 g/mol. The van der Waals surface area contributed by atoms with Crippen LogP contribution in [0.25, 0.3) is 0 Å². The average Bonchev–Trinajstić information content (AvgIpc) is 2.33. The first-order chi connectivity index (χ1) is 5.61. The number of carboxylic acids is 1. The van der Waals surface area contributed by atoms with Crippen LogP contribution in [0.2, 0.25) is 0 Å². The SMILES string of the molecule is NC(=O)CC1CCCC1C(=O)O. The zero-order chi connectivity index (χ0) is 9.14. The van der Waals surface area contributed by atoms with Gasteiger partial charge in [-0.05, 0) is 18.8 Å². The Hall–Kier alpha value is -1.06. The maximum Gasteiger partial charge on any atom is 0.306 e. The fourth-order valence-corrected chi connectivity index (χ4v) is 1.86. The van der Waals surface area contributed by atoms with Gasteiger partial charge in [-0.25, -0.2) is 0 Å². The highest BCUT2D eigenvalue weighted by Crippen LogP contribution is 2.33. The average molecular weight is 171 g/mol. The van der Waals surface area contributed by atoms with Crippen LogP contribution in [0, 0.1) is 11.8 Å². The smallest absolute Gasteiger partial charge is 0.306 e. The predicted octanol–water partition coefficient (Wildman–Crippen LogP) is 0.363. The Bertz CT molecular complexity index is 202. The van der Waals surface area contributed by atoms with Crippen LogP contribution in [-0.4, -0.2) is 17.0 Å². The van der Waals surface area contributed by atoms with Gasteiger partial charge in [-0.2, -0.15) is 0 Å². The lowest BCUT2D eigenvalue weighted by Gasteiger charge is -2.12. The van der Waals surface area contributed by atoms with Crippen LogP contribution in [-0.2, 0) is 9.59 Å². The Labute approximate surface area is 70.7 Å². The third-order valence-corrected chi connectivity index (χ3v) is 2.44. The van der Waals surface area contributed by atoms with E-state index in [1.807, 2.05) is 0 Å². The van der Waals surface area contributed by atoms with E-state index in [1.165, 1.54) is 0 Å². The fraction of sp³-hybridized carbons (Fsp3) is 0.750. The van der Waals surface area contributed by atoms with E-state index >= 15 is 0 Å². The number of primary amides is 1. The number of rotatable bonds is 3. The van der Waals surface area contributed by atoms with Gasteiger partial charge in [0.2, 0.25) is 5.91 Å². The molecule has 0 heterocycles. The van der Waals surface area contributed by atoms with E-state index in [4.69, 9.17) is 10.8 Å². The first kappa shape index (κ1) is 9.03. The lowest BCUT2D eigenvalue weighted by molar-refractivity contribution is -0.143. The molecular formula is C8H13NO3. The van der Waals surface area contributed by atoms with Gasteiger partial charge in [0.15, 0.2) is 0 Å². The summed E-state index contributed by atoms with van der Waals surface area (Å²) in [6, 6.07) is 0. The highest BCUT2D eigenvalue weighted by molar-refractivity contribution is 5.76. The van der Waals surface area contributed by atoms with Crippen LogP contribution in [0.5, 0.6) is 0 Å². The summed E-state index contributed by atoms with van der Waals surface area (Å²) in [4.78, 5) is 21.2. The topological polar surface area (TPSA) is 80.4 Å². The van der Waals surface area contributed by atoms with E-state index in [2.05, 4.69) is 0 Å². The molecule has 3 N–H and O–H groups in total. The van der Waals surface area contributed by atoms with Gasteiger partial charge in [0.25, 0.3) is 0 Å². The van der Waals surface area contributed by atoms with Crippen LogP contribution < -0.4 is 5.73 Å². The van der Waals surface area contributed by atoms with Crippen LogP contribution >= 0.6 is 0 Å². The summed E-state index contributed by atoms with van der Waals surface area (Å²) < 4.78 is 0. The van der Waals surface area contributed by atoms with Crippen molar-refractivity contribution in [3.63, 3.8) is 0 Å². The molecule has 0 radical (unpaired) electrons. The Morgan fingerprint density at radius 2 is 2.08 bits per heavy atom. The molecule has 68 valence electrons. The standard InChI is InChI=1S/C8H13NO3/c9-7(10)4-5-2-1-3-6(5)8(11)12/h5-6H,1-4H2,(H2,9,10)(H,11,12). The molecule has 0 bridgehead atoms. The largest absolute Gasteiger partial charge is 0.481 e. The minimum absolute atomic E-state index is 0.0278. The summed E-state index contributed by atoms with van der Waals surface area (Å²) in [6.45, 7) is 0. The van der Waals surface area contributed by atoms with Gasteiger partial charge in [0.05, 0.1) is 5.92 Å². The Morgan fingerprint density at radius 3 is 2.58 bits per heavy atom. The van der Waals surface area contributed by atoms with Gasteiger partial charge in [-0.1, -0.05) is 6.42 Å². The molecule has 2 unspecified atom stereocenters. The molecule has 0 aromatic heterocycles. The number of hydrogen-bond donors (Lipinski definition) is 2. The second-order valence-corrected chi connectivity index (χ2v) is 3.31. The van der Waals surface area contributed by atoms with Crippen LogP contribution in [0.15, 0.2) is 0 Å². The molecule has 12 heavy (non-hydrogen) atoms. The summed E-state index contributed by atoms with van der Waals surface area (Å²) in [5.41, 5.74) is 5.00. The number of amides is 1. The zero-order valence-electron chi connectivity index (χ0n) is 6.82. The van der Waals surface area contributed by atoms with Crippen LogP contribution in [0.4, 0.5) is 0 Å². The lowest BCUT2D eigenvalue weighted by Crippen LogP contribution is -2.23. The highest BCUT2D eigenvalue weighted by atomic mass is 16.4. The number of carboxylic acid groups (broad SMARTS) is 1. The van der Waals surface area contributed by atoms with Crippen molar-refractivity contribution in [2.75, 3.05) is 0 Å². The van der Waals surface area contributed by atoms with E-state index in [0.717, 1.165) is 12.8 Å². The van der Waals surface area contributed by atoms with Crippen molar-refractivity contribution in [2.45, 2.75) is 25.7 Å². The molecule has 1 aliphatic rings.